The summed E-state index contributed by atoms with van der Waals surface area (Å²) in [7, 11) is 1.67. The number of ether oxygens (including phenoxy) is 1. The summed E-state index contributed by atoms with van der Waals surface area (Å²) in [6, 6.07) is 5.68. The Morgan fingerprint density at radius 1 is 1.44 bits per heavy atom. The third-order valence-corrected chi connectivity index (χ3v) is 2.76. The maximum absolute atomic E-state index is 5.98. The first-order chi connectivity index (χ1) is 7.71. The molecule has 4 heteroatoms. The molecule has 0 saturated carbocycles. The number of rotatable bonds is 6. The third-order valence-electron chi connectivity index (χ3n) is 2.53. The van der Waals surface area contributed by atoms with Crippen molar-refractivity contribution in [1.82, 2.24) is 4.90 Å². The van der Waals surface area contributed by atoms with Gasteiger partial charge in [-0.3, -0.25) is 4.90 Å². The van der Waals surface area contributed by atoms with Gasteiger partial charge in [-0.2, -0.15) is 0 Å². The average Bonchev–Trinajstić information content (AvgIpc) is 2.29. The third kappa shape index (κ3) is 3.67. The van der Waals surface area contributed by atoms with Crippen LogP contribution in [-0.4, -0.2) is 31.6 Å². The fourth-order valence-corrected chi connectivity index (χ4v) is 1.84. The lowest BCUT2D eigenvalue weighted by atomic mass is 10.2. The Bertz CT molecular complexity index is 331. The first-order valence-corrected chi connectivity index (χ1v) is 5.83. The highest BCUT2D eigenvalue weighted by atomic mass is 35.5. The summed E-state index contributed by atoms with van der Waals surface area (Å²) in [6.07, 6.45) is 0. The molecule has 0 atom stereocenters. The van der Waals surface area contributed by atoms with Gasteiger partial charge in [0, 0.05) is 30.2 Å². The van der Waals surface area contributed by atoms with Crippen molar-refractivity contribution in [2.75, 3.05) is 26.7 Å². The number of methoxy groups -OCH3 is 1. The summed E-state index contributed by atoms with van der Waals surface area (Å²) in [5, 5.41) is 0.736. The van der Waals surface area contributed by atoms with Gasteiger partial charge in [0.25, 0.3) is 0 Å². The van der Waals surface area contributed by atoms with E-state index in [1.165, 1.54) is 0 Å². The summed E-state index contributed by atoms with van der Waals surface area (Å²) >= 11 is 5.98. The minimum absolute atomic E-state index is 0.663. The zero-order valence-corrected chi connectivity index (χ0v) is 10.6. The highest BCUT2D eigenvalue weighted by molar-refractivity contribution is 6.30. The molecule has 16 heavy (non-hydrogen) atoms. The SMILES string of the molecule is CCN(CCN)Cc1cc(Cl)ccc1OC. The van der Waals surface area contributed by atoms with E-state index in [-0.39, 0.29) is 0 Å². The molecule has 1 aromatic rings. The van der Waals surface area contributed by atoms with E-state index >= 15 is 0 Å². The lowest BCUT2D eigenvalue weighted by molar-refractivity contribution is 0.282. The van der Waals surface area contributed by atoms with Crippen molar-refractivity contribution in [3.05, 3.63) is 28.8 Å². The number of likely N-dealkylation sites (N-methyl/N-ethyl adjacent to an activating group) is 1. The van der Waals surface area contributed by atoms with Crippen LogP contribution < -0.4 is 10.5 Å². The van der Waals surface area contributed by atoms with Gasteiger partial charge in [-0.25, -0.2) is 0 Å². The standard InChI is InChI=1S/C12H19ClN2O/c1-3-15(7-6-14)9-10-8-11(13)4-5-12(10)16-2/h4-5,8H,3,6-7,9,14H2,1-2H3. The highest BCUT2D eigenvalue weighted by Crippen LogP contribution is 2.23. The van der Waals surface area contributed by atoms with Crippen molar-refractivity contribution >= 4 is 11.6 Å². The molecule has 0 spiro atoms. The predicted molar refractivity (Wildman–Crippen MR) is 68.0 cm³/mol. The van der Waals surface area contributed by atoms with Gasteiger partial charge in [-0.15, -0.1) is 0 Å². The largest absolute Gasteiger partial charge is 0.496 e. The van der Waals surface area contributed by atoms with Crippen molar-refractivity contribution in [1.29, 1.82) is 0 Å². The molecule has 0 aliphatic heterocycles. The Labute approximate surface area is 102 Å². The number of halogens is 1. The predicted octanol–water partition coefficient (Wildman–Crippen LogP) is 2.13. The molecule has 2 N–H and O–H groups in total. The number of nitrogens with zero attached hydrogens (tertiary/aromatic N) is 1. The van der Waals surface area contributed by atoms with Crippen molar-refractivity contribution in [2.45, 2.75) is 13.5 Å². The monoisotopic (exact) mass is 242 g/mol. The molecule has 1 rings (SSSR count). The Kier molecular flexibility index (Phi) is 5.60. The van der Waals surface area contributed by atoms with Crippen LogP contribution in [0.25, 0.3) is 0 Å². The molecule has 1 aromatic carbocycles. The molecule has 0 aliphatic carbocycles. The summed E-state index contributed by atoms with van der Waals surface area (Å²) in [4.78, 5) is 2.26. The number of nitrogens with two attached hydrogens (primary N) is 1. The normalized spacial score (nSPS) is 10.8. The van der Waals surface area contributed by atoms with Gasteiger partial charge in [0.1, 0.15) is 5.75 Å². The maximum Gasteiger partial charge on any atom is 0.123 e. The van der Waals surface area contributed by atoms with Gasteiger partial charge in [-0.05, 0) is 24.7 Å². The van der Waals surface area contributed by atoms with E-state index in [9.17, 15) is 0 Å². The lowest BCUT2D eigenvalue weighted by Gasteiger charge is -2.20. The fraction of sp³-hybridized carbons (Fsp3) is 0.500. The Hall–Kier alpha value is -0.770. The van der Waals surface area contributed by atoms with Crippen molar-refractivity contribution in [3.8, 4) is 5.75 Å². The van der Waals surface area contributed by atoms with Crippen LogP contribution in [0.2, 0.25) is 5.02 Å². The van der Waals surface area contributed by atoms with Crippen LogP contribution in [-0.2, 0) is 6.54 Å². The van der Waals surface area contributed by atoms with Crippen molar-refractivity contribution < 1.29 is 4.74 Å². The second-order valence-electron chi connectivity index (χ2n) is 3.61. The molecular weight excluding hydrogens is 224 g/mol. The van der Waals surface area contributed by atoms with Gasteiger partial charge >= 0.3 is 0 Å². The van der Waals surface area contributed by atoms with Crippen LogP contribution in [0.4, 0.5) is 0 Å². The van der Waals surface area contributed by atoms with E-state index < -0.39 is 0 Å². The van der Waals surface area contributed by atoms with Gasteiger partial charge in [0.05, 0.1) is 7.11 Å². The molecule has 0 saturated heterocycles. The Balaban J connectivity index is 2.80. The number of benzene rings is 1. The second kappa shape index (κ2) is 6.74. The van der Waals surface area contributed by atoms with Gasteiger partial charge in [-0.1, -0.05) is 18.5 Å². The molecule has 0 aromatic heterocycles. The van der Waals surface area contributed by atoms with Crippen LogP contribution in [0.3, 0.4) is 0 Å². The lowest BCUT2D eigenvalue weighted by Crippen LogP contribution is -2.29. The van der Waals surface area contributed by atoms with E-state index in [0.29, 0.717) is 6.54 Å². The van der Waals surface area contributed by atoms with E-state index in [4.69, 9.17) is 22.1 Å². The van der Waals surface area contributed by atoms with Crippen LogP contribution in [0, 0.1) is 0 Å². The molecule has 0 bridgehead atoms. The number of hydrogen-bond acceptors (Lipinski definition) is 3. The van der Waals surface area contributed by atoms with Gasteiger partial charge in [0.2, 0.25) is 0 Å². The van der Waals surface area contributed by atoms with Crippen LogP contribution in [0.1, 0.15) is 12.5 Å². The van der Waals surface area contributed by atoms with Crippen LogP contribution >= 0.6 is 11.6 Å². The molecule has 0 amide bonds. The minimum Gasteiger partial charge on any atom is -0.496 e. The summed E-state index contributed by atoms with van der Waals surface area (Å²) in [5.74, 6) is 0.875. The van der Waals surface area contributed by atoms with Crippen LogP contribution in [0.15, 0.2) is 18.2 Å². The highest BCUT2D eigenvalue weighted by Gasteiger charge is 2.08. The van der Waals surface area contributed by atoms with Crippen molar-refractivity contribution in [2.24, 2.45) is 5.73 Å². The topological polar surface area (TPSA) is 38.5 Å². The van der Waals surface area contributed by atoms with E-state index in [0.717, 1.165) is 36.0 Å². The maximum atomic E-state index is 5.98. The zero-order chi connectivity index (χ0) is 12.0. The van der Waals surface area contributed by atoms with Crippen molar-refractivity contribution in [3.63, 3.8) is 0 Å². The molecule has 90 valence electrons. The van der Waals surface area contributed by atoms with Gasteiger partial charge < -0.3 is 10.5 Å². The first-order valence-electron chi connectivity index (χ1n) is 5.46. The first kappa shape index (κ1) is 13.3. The molecule has 0 aliphatic rings. The van der Waals surface area contributed by atoms with E-state index in [2.05, 4.69) is 11.8 Å². The molecular formula is C12H19ClN2O. The molecule has 0 heterocycles. The average molecular weight is 243 g/mol. The minimum atomic E-state index is 0.663. The summed E-state index contributed by atoms with van der Waals surface area (Å²) < 4.78 is 5.31. The fourth-order valence-electron chi connectivity index (χ4n) is 1.64. The molecule has 0 radical (unpaired) electrons. The molecule has 0 fully saturated rings. The van der Waals surface area contributed by atoms with Crippen LogP contribution in [0.5, 0.6) is 5.75 Å². The zero-order valence-electron chi connectivity index (χ0n) is 9.87. The van der Waals surface area contributed by atoms with E-state index in [1.807, 2.05) is 18.2 Å². The second-order valence-corrected chi connectivity index (χ2v) is 4.05. The quantitative estimate of drug-likeness (QED) is 0.831. The Morgan fingerprint density at radius 2 is 2.19 bits per heavy atom. The Morgan fingerprint density at radius 3 is 2.75 bits per heavy atom. The summed E-state index contributed by atoms with van der Waals surface area (Å²) in [6.45, 7) is 5.44. The molecule has 3 nitrogen and oxygen atoms in total. The smallest absolute Gasteiger partial charge is 0.123 e. The van der Waals surface area contributed by atoms with Gasteiger partial charge in [0.15, 0.2) is 0 Å². The molecule has 0 unspecified atom stereocenters. The summed E-state index contributed by atoms with van der Waals surface area (Å²) in [5.41, 5.74) is 6.66. The number of hydrogen-bond donors (Lipinski definition) is 1. The van der Waals surface area contributed by atoms with E-state index in [1.54, 1.807) is 7.11 Å².